The van der Waals surface area contributed by atoms with Crippen molar-refractivity contribution >= 4 is 0 Å². The van der Waals surface area contributed by atoms with E-state index >= 15 is 0 Å². The summed E-state index contributed by atoms with van der Waals surface area (Å²) in [7, 11) is 1.69. The highest BCUT2D eigenvalue weighted by Gasteiger charge is 2.25. The third-order valence-electron chi connectivity index (χ3n) is 3.65. The van der Waals surface area contributed by atoms with Crippen molar-refractivity contribution in [2.75, 3.05) is 13.7 Å². The van der Waals surface area contributed by atoms with Gasteiger partial charge >= 0.3 is 0 Å². The maximum absolute atomic E-state index is 5.61. The first-order chi connectivity index (χ1) is 10.3. The standard InChI is InChI=1S/C16H25N3O2/c1-5-9-17-15(12-8-10-21-13(12)6-2)16-14(20-4)11-18-19(16)7-3/h8,10-11,15,17H,5-7,9H2,1-4H3. The summed E-state index contributed by atoms with van der Waals surface area (Å²) in [4.78, 5) is 0. The lowest BCUT2D eigenvalue weighted by Crippen LogP contribution is -2.26. The van der Waals surface area contributed by atoms with Crippen LogP contribution in [-0.2, 0) is 13.0 Å². The summed E-state index contributed by atoms with van der Waals surface area (Å²) in [5.74, 6) is 1.82. The molecule has 5 nitrogen and oxygen atoms in total. The lowest BCUT2D eigenvalue weighted by atomic mass is 10.0. The average molecular weight is 291 g/mol. The Kier molecular flexibility index (Phi) is 5.44. The minimum absolute atomic E-state index is 0.0380. The van der Waals surface area contributed by atoms with Crippen LogP contribution in [0.1, 0.15) is 50.3 Å². The first-order valence-corrected chi connectivity index (χ1v) is 7.66. The zero-order valence-corrected chi connectivity index (χ0v) is 13.3. The Balaban J connectivity index is 2.47. The molecule has 2 aromatic heterocycles. The van der Waals surface area contributed by atoms with Crippen molar-refractivity contribution in [1.29, 1.82) is 0 Å². The molecule has 0 fully saturated rings. The molecule has 116 valence electrons. The highest BCUT2D eigenvalue weighted by atomic mass is 16.5. The van der Waals surface area contributed by atoms with Crippen molar-refractivity contribution in [3.63, 3.8) is 0 Å². The Morgan fingerprint density at radius 1 is 1.38 bits per heavy atom. The van der Waals surface area contributed by atoms with Gasteiger partial charge in [-0.1, -0.05) is 13.8 Å². The minimum atomic E-state index is 0.0380. The van der Waals surface area contributed by atoms with E-state index in [0.717, 1.165) is 43.1 Å². The molecule has 0 saturated heterocycles. The molecule has 1 N–H and O–H groups in total. The van der Waals surface area contributed by atoms with Crippen molar-refractivity contribution in [1.82, 2.24) is 15.1 Å². The Labute approximate surface area is 126 Å². The molecule has 1 atom stereocenters. The molecule has 5 heteroatoms. The number of rotatable bonds is 8. The Bertz CT molecular complexity index is 538. The lowest BCUT2D eigenvalue weighted by molar-refractivity contribution is 0.397. The molecule has 0 amide bonds. The van der Waals surface area contributed by atoms with Crippen LogP contribution in [0.25, 0.3) is 0 Å². The van der Waals surface area contributed by atoms with Gasteiger partial charge in [0.05, 0.1) is 25.6 Å². The first kappa shape index (κ1) is 15.6. The summed E-state index contributed by atoms with van der Waals surface area (Å²) in [6.45, 7) is 8.09. The number of hydrogen-bond donors (Lipinski definition) is 1. The molecule has 0 aliphatic rings. The highest BCUT2D eigenvalue weighted by Crippen LogP contribution is 2.32. The molecule has 21 heavy (non-hydrogen) atoms. The summed E-state index contributed by atoms with van der Waals surface area (Å²) in [6, 6.07) is 2.08. The Hall–Kier alpha value is -1.75. The van der Waals surface area contributed by atoms with E-state index in [9.17, 15) is 0 Å². The van der Waals surface area contributed by atoms with Gasteiger partial charge in [0, 0.05) is 18.5 Å². The molecule has 0 saturated carbocycles. The molecule has 0 aromatic carbocycles. The van der Waals surface area contributed by atoms with E-state index in [-0.39, 0.29) is 6.04 Å². The van der Waals surface area contributed by atoms with Gasteiger partial charge in [-0.05, 0) is 26.0 Å². The van der Waals surface area contributed by atoms with Crippen LogP contribution in [0, 0.1) is 0 Å². The van der Waals surface area contributed by atoms with Gasteiger partial charge in [-0.2, -0.15) is 5.10 Å². The zero-order valence-electron chi connectivity index (χ0n) is 13.3. The van der Waals surface area contributed by atoms with E-state index in [4.69, 9.17) is 9.15 Å². The number of ether oxygens (including phenoxy) is 1. The fraction of sp³-hybridized carbons (Fsp3) is 0.562. The van der Waals surface area contributed by atoms with Crippen molar-refractivity contribution in [2.45, 2.75) is 46.2 Å². The summed E-state index contributed by atoms with van der Waals surface area (Å²) < 4.78 is 13.1. The van der Waals surface area contributed by atoms with E-state index in [1.54, 1.807) is 19.6 Å². The molecule has 0 aliphatic heterocycles. The van der Waals surface area contributed by atoms with Gasteiger partial charge in [-0.3, -0.25) is 4.68 Å². The number of nitrogens with one attached hydrogen (secondary N) is 1. The summed E-state index contributed by atoms with van der Waals surface area (Å²) in [5.41, 5.74) is 2.23. The van der Waals surface area contributed by atoms with Gasteiger partial charge in [-0.15, -0.1) is 0 Å². The third kappa shape index (κ3) is 3.13. The summed E-state index contributed by atoms with van der Waals surface area (Å²) in [5, 5.41) is 8.02. The second-order valence-electron chi connectivity index (χ2n) is 4.95. The van der Waals surface area contributed by atoms with Gasteiger partial charge in [0.2, 0.25) is 0 Å². The highest BCUT2D eigenvalue weighted by molar-refractivity contribution is 5.37. The quantitative estimate of drug-likeness (QED) is 0.811. The monoisotopic (exact) mass is 291 g/mol. The smallest absolute Gasteiger partial charge is 0.161 e. The van der Waals surface area contributed by atoms with E-state index in [1.807, 2.05) is 10.7 Å². The molecule has 0 bridgehead atoms. The molecule has 2 rings (SSSR count). The van der Waals surface area contributed by atoms with E-state index in [2.05, 4.69) is 31.2 Å². The van der Waals surface area contributed by atoms with Crippen molar-refractivity contribution < 1.29 is 9.15 Å². The van der Waals surface area contributed by atoms with Crippen LogP contribution in [0.4, 0.5) is 0 Å². The molecule has 2 heterocycles. The Morgan fingerprint density at radius 2 is 2.19 bits per heavy atom. The van der Waals surface area contributed by atoms with E-state index < -0.39 is 0 Å². The van der Waals surface area contributed by atoms with Crippen molar-refractivity contribution in [3.05, 3.63) is 35.5 Å². The summed E-state index contributed by atoms with van der Waals surface area (Å²) >= 11 is 0. The van der Waals surface area contributed by atoms with Gasteiger partial charge in [-0.25, -0.2) is 0 Å². The maximum Gasteiger partial charge on any atom is 0.161 e. The average Bonchev–Trinajstić information content (AvgIpc) is 3.14. The molecule has 0 spiro atoms. The molecule has 1 unspecified atom stereocenters. The third-order valence-corrected chi connectivity index (χ3v) is 3.65. The normalized spacial score (nSPS) is 12.6. The second kappa shape index (κ2) is 7.31. The van der Waals surface area contributed by atoms with Gasteiger partial charge < -0.3 is 14.5 Å². The van der Waals surface area contributed by atoms with Crippen molar-refractivity contribution in [3.8, 4) is 5.75 Å². The van der Waals surface area contributed by atoms with Crippen LogP contribution < -0.4 is 10.1 Å². The van der Waals surface area contributed by atoms with Gasteiger partial charge in [0.15, 0.2) is 5.75 Å². The van der Waals surface area contributed by atoms with Gasteiger partial charge in [0.1, 0.15) is 11.5 Å². The molecular formula is C16H25N3O2. The number of nitrogens with zero attached hydrogens (tertiary/aromatic N) is 2. The largest absolute Gasteiger partial charge is 0.493 e. The van der Waals surface area contributed by atoms with Crippen LogP contribution in [0.15, 0.2) is 22.9 Å². The number of aromatic nitrogens is 2. The SMILES string of the molecule is CCCNC(c1ccoc1CC)c1c(OC)cnn1CC. The predicted octanol–water partition coefficient (Wildman–Crippen LogP) is 3.16. The maximum atomic E-state index is 5.61. The molecule has 2 aromatic rings. The van der Waals surface area contributed by atoms with E-state index in [1.165, 1.54) is 5.56 Å². The van der Waals surface area contributed by atoms with Crippen molar-refractivity contribution in [2.24, 2.45) is 0 Å². The second-order valence-corrected chi connectivity index (χ2v) is 4.95. The first-order valence-electron chi connectivity index (χ1n) is 7.66. The number of hydrogen-bond acceptors (Lipinski definition) is 4. The van der Waals surface area contributed by atoms with Crippen LogP contribution in [0.2, 0.25) is 0 Å². The predicted molar refractivity (Wildman–Crippen MR) is 82.7 cm³/mol. The fourth-order valence-electron chi connectivity index (χ4n) is 2.62. The molecule has 0 radical (unpaired) electrons. The van der Waals surface area contributed by atoms with Crippen LogP contribution in [-0.4, -0.2) is 23.4 Å². The van der Waals surface area contributed by atoms with Crippen LogP contribution in [0.5, 0.6) is 5.75 Å². The summed E-state index contributed by atoms with van der Waals surface area (Å²) in [6.07, 6.45) is 5.48. The number of aryl methyl sites for hydroxylation is 2. The lowest BCUT2D eigenvalue weighted by Gasteiger charge is -2.21. The fourth-order valence-corrected chi connectivity index (χ4v) is 2.62. The van der Waals surface area contributed by atoms with Gasteiger partial charge in [0.25, 0.3) is 0 Å². The zero-order chi connectivity index (χ0) is 15.2. The number of methoxy groups -OCH3 is 1. The molecular weight excluding hydrogens is 266 g/mol. The topological polar surface area (TPSA) is 52.2 Å². The minimum Gasteiger partial charge on any atom is -0.493 e. The van der Waals surface area contributed by atoms with Crippen LogP contribution >= 0.6 is 0 Å². The van der Waals surface area contributed by atoms with E-state index in [0.29, 0.717) is 0 Å². The van der Waals surface area contributed by atoms with Crippen LogP contribution in [0.3, 0.4) is 0 Å². The number of furan rings is 1. The Morgan fingerprint density at radius 3 is 2.81 bits per heavy atom. The molecule has 0 aliphatic carbocycles.